The molecule has 1 heterocycles. The summed E-state index contributed by atoms with van der Waals surface area (Å²) < 4.78 is 6.70. The quantitative estimate of drug-likeness (QED) is 0.504. The summed E-state index contributed by atoms with van der Waals surface area (Å²) in [5, 5.41) is 1.56. The summed E-state index contributed by atoms with van der Waals surface area (Å²) in [6.07, 6.45) is 0. The van der Waals surface area contributed by atoms with E-state index in [1.54, 1.807) is 12.1 Å². The van der Waals surface area contributed by atoms with Crippen molar-refractivity contribution in [1.82, 2.24) is 4.98 Å². The van der Waals surface area contributed by atoms with Gasteiger partial charge in [-0.25, -0.2) is 4.98 Å². The molecule has 0 saturated carbocycles. The van der Waals surface area contributed by atoms with Crippen molar-refractivity contribution in [2.75, 3.05) is 0 Å². The van der Waals surface area contributed by atoms with E-state index < -0.39 is 0 Å². The molecular formula is C16H10BrCl2NO. The Bertz CT molecular complexity index is 807. The molecule has 0 N–H and O–H groups in total. The smallest absolute Gasteiger partial charge is 0.220 e. The van der Waals surface area contributed by atoms with E-state index >= 15 is 0 Å². The van der Waals surface area contributed by atoms with E-state index in [0.29, 0.717) is 22.5 Å². The molecule has 0 radical (unpaired) electrons. The molecule has 0 aliphatic heterocycles. The first-order chi connectivity index (χ1) is 10.2. The number of pyridine rings is 1. The fourth-order valence-corrected chi connectivity index (χ4v) is 2.77. The predicted molar refractivity (Wildman–Crippen MR) is 90.5 cm³/mol. The fourth-order valence-electron chi connectivity index (χ4n) is 2.05. The average Bonchev–Trinajstić information content (AvgIpc) is 2.50. The third kappa shape index (κ3) is 3.15. The molecule has 0 aliphatic rings. The zero-order chi connectivity index (χ0) is 14.8. The van der Waals surface area contributed by atoms with Crippen LogP contribution in [0.5, 0.6) is 11.6 Å². The molecule has 3 rings (SSSR count). The Morgan fingerprint density at radius 1 is 1.10 bits per heavy atom. The van der Waals surface area contributed by atoms with Crippen LogP contribution in [0.3, 0.4) is 0 Å². The number of ether oxygens (including phenoxy) is 1. The topological polar surface area (TPSA) is 22.1 Å². The Hall–Kier alpha value is -1.29. The summed E-state index contributed by atoms with van der Waals surface area (Å²) in [6.45, 7) is 0. The molecule has 0 spiro atoms. The maximum Gasteiger partial charge on any atom is 0.220 e. The predicted octanol–water partition coefficient (Wildman–Crippen LogP) is 6.18. The zero-order valence-electron chi connectivity index (χ0n) is 10.8. The highest BCUT2D eigenvalue weighted by Crippen LogP contribution is 2.33. The third-order valence-corrected chi connectivity index (χ3v) is 4.12. The zero-order valence-corrected chi connectivity index (χ0v) is 13.9. The number of hydrogen-bond acceptors (Lipinski definition) is 2. The number of benzene rings is 2. The molecule has 0 fully saturated rings. The van der Waals surface area contributed by atoms with Gasteiger partial charge >= 0.3 is 0 Å². The van der Waals surface area contributed by atoms with Gasteiger partial charge in [-0.1, -0.05) is 45.7 Å². The highest BCUT2D eigenvalue weighted by Gasteiger charge is 2.09. The van der Waals surface area contributed by atoms with E-state index in [-0.39, 0.29) is 0 Å². The van der Waals surface area contributed by atoms with Gasteiger partial charge in [0.05, 0.1) is 10.5 Å². The second-order valence-electron chi connectivity index (χ2n) is 4.45. The molecule has 3 aromatic rings. The Kier molecular flexibility index (Phi) is 4.34. The van der Waals surface area contributed by atoms with E-state index in [1.807, 2.05) is 36.4 Å². The number of rotatable bonds is 3. The lowest BCUT2D eigenvalue weighted by Crippen LogP contribution is -1.93. The van der Waals surface area contributed by atoms with Crippen molar-refractivity contribution in [3.63, 3.8) is 0 Å². The van der Waals surface area contributed by atoms with Gasteiger partial charge in [-0.05, 0) is 29.8 Å². The standard InChI is InChI=1S/C16H10BrCl2NO/c17-11-5-6-13(19)15(8-11)21-16-7-10(9-18)12-3-1-2-4-14(12)20-16/h1-8H,9H2. The summed E-state index contributed by atoms with van der Waals surface area (Å²) in [4.78, 5) is 4.50. The molecule has 2 aromatic carbocycles. The van der Waals surface area contributed by atoms with Crippen molar-refractivity contribution in [3.8, 4) is 11.6 Å². The van der Waals surface area contributed by atoms with Crippen LogP contribution >= 0.6 is 39.1 Å². The number of para-hydroxylation sites is 1. The molecular weight excluding hydrogens is 373 g/mol. The van der Waals surface area contributed by atoms with Crippen molar-refractivity contribution >= 4 is 50.0 Å². The van der Waals surface area contributed by atoms with Gasteiger partial charge in [0.25, 0.3) is 0 Å². The van der Waals surface area contributed by atoms with Crippen molar-refractivity contribution in [1.29, 1.82) is 0 Å². The SMILES string of the molecule is ClCc1cc(Oc2cc(Br)ccc2Cl)nc2ccccc12. The maximum atomic E-state index is 6.14. The molecule has 0 atom stereocenters. The first-order valence-corrected chi connectivity index (χ1v) is 7.95. The van der Waals surface area contributed by atoms with Gasteiger partial charge in [-0.3, -0.25) is 0 Å². The fraction of sp³-hybridized carbons (Fsp3) is 0.0625. The molecule has 2 nitrogen and oxygen atoms in total. The normalized spacial score (nSPS) is 10.8. The van der Waals surface area contributed by atoms with Gasteiger partial charge in [-0.15, -0.1) is 11.6 Å². The first-order valence-electron chi connectivity index (χ1n) is 6.25. The second kappa shape index (κ2) is 6.22. The molecule has 0 amide bonds. The Labute approximate surface area is 140 Å². The number of nitrogens with zero attached hydrogens (tertiary/aromatic N) is 1. The van der Waals surface area contributed by atoms with E-state index in [9.17, 15) is 0 Å². The number of hydrogen-bond donors (Lipinski definition) is 0. The Morgan fingerprint density at radius 3 is 2.71 bits per heavy atom. The minimum absolute atomic E-state index is 0.394. The van der Waals surface area contributed by atoms with Crippen LogP contribution in [0, 0.1) is 0 Å². The van der Waals surface area contributed by atoms with E-state index in [1.165, 1.54) is 0 Å². The highest BCUT2D eigenvalue weighted by atomic mass is 79.9. The molecule has 1 aromatic heterocycles. The molecule has 0 aliphatic carbocycles. The van der Waals surface area contributed by atoms with Gasteiger partial charge < -0.3 is 4.74 Å². The lowest BCUT2D eigenvalue weighted by molar-refractivity contribution is 0.464. The van der Waals surface area contributed by atoms with Crippen LogP contribution in [-0.2, 0) is 5.88 Å². The van der Waals surface area contributed by atoms with Crippen LogP contribution in [0.2, 0.25) is 5.02 Å². The van der Waals surface area contributed by atoms with E-state index in [4.69, 9.17) is 27.9 Å². The van der Waals surface area contributed by atoms with Crippen LogP contribution in [0.1, 0.15) is 5.56 Å². The van der Waals surface area contributed by atoms with Crippen molar-refractivity contribution < 1.29 is 4.74 Å². The molecule has 5 heteroatoms. The van der Waals surface area contributed by atoms with E-state index in [0.717, 1.165) is 20.9 Å². The van der Waals surface area contributed by atoms with Crippen LogP contribution in [0.25, 0.3) is 10.9 Å². The summed E-state index contributed by atoms with van der Waals surface area (Å²) in [5.74, 6) is 1.42. The lowest BCUT2D eigenvalue weighted by Gasteiger charge is -2.10. The maximum absolute atomic E-state index is 6.14. The molecule has 0 bridgehead atoms. The second-order valence-corrected chi connectivity index (χ2v) is 6.04. The van der Waals surface area contributed by atoms with Crippen LogP contribution in [0.15, 0.2) is 53.0 Å². The number of aromatic nitrogens is 1. The monoisotopic (exact) mass is 381 g/mol. The average molecular weight is 383 g/mol. The summed E-state index contributed by atoms with van der Waals surface area (Å²) in [5.41, 5.74) is 1.82. The van der Waals surface area contributed by atoms with Gasteiger partial charge in [-0.2, -0.15) is 0 Å². The minimum atomic E-state index is 0.394. The van der Waals surface area contributed by atoms with Gasteiger partial charge in [0.15, 0.2) is 0 Å². The van der Waals surface area contributed by atoms with E-state index in [2.05, 4.69) is 20.9 Å². The van der Waals surface area contributed by atoms with Crippen molar-refractivity contribution in [2.45, 2.75) is 5.88 Å². The van der Waals surface area contributed by atoms with Crippen molar-refractivity contribution in [2.24, 2.45) is 0 Å². The molecule has 106 valence electrons. The number of fused-ring (bicyclic) bond motifs is 1. The number of halogens is 3. The third-order valence-electron chi connectivity index (χ3n) is 3.03. The van der Waals surface area contributed by atoms with Crippen LogP contribution in [-0.4, -0.2) is 4.98 Å². The van der Waals surface area contributed by atoms with Crippen LogP contribution in [0.4, 0.5) is 0 Å². The Morgan fingerprint density at radius 2 is 1.90 bits per heavy atom. The summed E-state index contributed by atoms with van der Waals surface area (Å²) in [7, 11) is 0. The van der Waals surface area contributed by atoms with Gasteiger partial charge in [0.1, 0.15) is 5.75 Å². The first kappa shape index (κ1) is 14.6. The summed E-state index contributed by atoms with van der Waals surface area (Å²) in [6, 6.07) is 15.1. The lowest BCUT2D eigenvalue weighted by atomic mass is 10.1. The molecule has 0 saturated heterocycles. The summed E-state index contributed by atoms with van der Waals surface area (Å²) >= 11 is 15.6. The van der Waals surface area contributed by atoms with Crippen LogP contribution < -0.4 is 4.74 Å². The van der Waals surface area contributed by atoms with Gasteiger partial charge in [0, 0.05) is 21.8 Å². The molecule has 21 heavy (non-hydrogen) atoms. The largest absolute Gasteiger partial charge is 0.437 e. The van der Waals surface area contributed by atoms with Crippen molar-refractivity contribution in [3.05, 3.63) is 63.6 Å². The molecule has 0 unspecified atom stereocenters. The highest BCUT2D eigenvalue weighted by molar-refractivity contribution is 9.10. The van der Waals surface area contributed by atoms with Gasteiger partial charge in [0.2, 0.25) is 5.88 Å². The minimum Gasteiger partial charge on any atom is -0.437 e. The number of alkyl halides is 1. The Balaban J connectivity index is 2.06.